The Bertz CT molecular complexity index is 990. The van der Waals surface area contributed by atoms with Gasteiger partial charge in [0.15, 0.2) is 5.69 Å². The molecule has 0 saturated carbocycles. The lowest BCUT2D eigenvalue weighted by atomic mass is 10.2. The largest absolute Gasteiger partial charge is 0.465 e. The van der Waals surface area contributed by atoms with Crippen LogP contribution in [0, 0.1) is 6.92 Å². The Balaban J connectivity index is 1.47. The van der Waals surface area contributed by atoms with Crippen LogP contribution in [-0.4, -0.2) is 33.0 Å². The molecule has 7 heteroatoms. The van der Waals surface area contributed by atoms with Gasteiger partial charge < -0.3 is 14.6 Å². The van der Waals surface area contributed by atoms with E-state index in [0.29, 0.717) is 31.1 Å². The molecule has 7 nitrogen and oxygen atoms in total. The van der Waals surface area contributed by atoms with Crippen molar-refractivity contribution in [3.05, 3.63) is 77.0 Å². The molecule has 0 spiro atoms. The van der Waals surface area contributed by atoms with Gasteiger partial charge in [0.05, 0.1) is 6.54 Å². The van der Waals surface area contributed by atoms with E-state index >= 15 is 0 Å². The van der Waals surface area contributed by atoms with E-state index in [1.165, 1.54) is 0 Å². The van der Waals surface area contributed by atoms with Crippen molar-refractivity contribution in [1.82, 2.24) is 20.0 Å². The molecule has 0 saturated heterocycles. The fourth-order valence-electron chi connectivity index (χ4n) is 3.34. The van der Waals surface area contributed by atoms with E-state index in [1.807, 2.05) is 54.3 Å². The Labute approximate surface area is 162 Å². The molecule has 2 aromatic heterocycles. The molecule has 3 heterocycles. The second-order valence-corrected chi connectivity index (χ2v) is 6.90. The Morgan fingerprint density at radius 1 is 1.18 bits per heavy atom. The Kier molecular flexibility index (Phi) is 4.97. The monoisotopic (exact) mass is 378 g/mol. The molecule has 1 aromatic carbocycles. The number of amides is 2. The number of furan rings is 1. The molecule has 4 rings (SSSR count). The van der Waals surface area contributed by atoms with E-state index in [2.05, 4.69) is 10.4 Å². The van der Waals surface area contributed by atoms with Crippen molar-refractivity contribution in [2.24, 2.45) is 0 Å². The Morgan fingerprint density at radius 2 is 2.00 bits per heavy atom. The van der Waals surface area contributed by atoms with Crippen molar-refractivity contribution in [2.75, 3.05) is 6.54 Å². The topological polar surface area (TPSA) is 80.4 Å². The van der Waals surface area contributed by atoms with E-state index in [4.69, 9.17) is 4.42 Å². The number of carbonyl (C=O) groups excluding carboxylic acids is 2. The predicted octanol–water partition coefficient (Wildman–Crippen LogP) is 2.76. The molecule has 3 aromatic rings. The molecule has 0 unspecified atom stereocenters. The number of carbonyl (C=O) groups is 2. The maximum absolute atomic E-state index is 13.0. The number of aryl methyl sites for hydroxylation is 2. The van der Waals surface area contributed by atoms with Crippen molar-refractivity contribution >= 4 is 11.8 Å². The lowest BCUT2D eigenvalue weighted by Gasteiger charge is -2.20. The number of fused-ring (bicyclic) bond motifs is 1. The molecule has 1 N–H and O–H groups in total. The van der Waals surface area contributed by atoms with Crippen LogP contribution in [-0.2, 0) is 19.6 Å². The predicted molar refractivity (Wildman–Crippen MR) is 103 cm³/mol. The van der Waals surface area contributed by atoms with Gasteiger partial charge >= 0.3 is 0 Å². The van der Waals surface area contributed by atoms with Gasteiger partial charge in [0, 0.05) is 25.7 Å². The minimum atomic E-state index is -0.322. The lowest BCUT2D eigenvalue weighted by Crippen LogP contribution is -2.30. The van der Waals surface area contributed by atoms with Crippen molar-refractivity contribution < 1.29 is 14.0 Å². The molecule has 1 aliphatic heterocycles. The van der Waals surface area contributed by atoms with Crippen LogP contribution >= 0.6 is 0 Å². The zero-order valence-corrected chi connectivity index (χ0v) is 15.7. The summed E-state index contributed by atoms with van der Waals surface area (Å²) in [5.41, 5.74) is 1.77. The van der Waals surface area contributed by atoms with Crippen molar-refractivity contribution in [3.8, 4) is 0 Å². The van der Waals surface area contributed by atoms with E-state index in [0.717, 1.165) is 17.7 Å². The van der Waals surface area contributed by atoms with Crippen molar-refractivity contribution in [1.29, 1.82) is 0 Å². The summed E-state index contributed by atoms with van der Waals surface area (Å²) in [6, 6.07) is 15.1. The van der Waals surface area contributed by atoms with E-state index in [-0.39, 0.29) is 24.1 Å². The highest BCUT2D eigenvalue weighted by Crippen LogP contribution is 2.17. The van der Waals surface area contributed by atoms with Crippen LogP contribution in [0.4, 0.5) is 0 Å². The summed E-state index contributed by atoms with van der Waals surface area (Å²) in [6.45, 7) is 3.95. The summed E-state index contributed by atoms with van der Waals surface area (Å²) < 4.78 is 7.09. The fourth-order valence-corrected chi connectivity index (χ4v) is 3.34. The minimum Gasteiger partial charge on any atom is -0.465 e. The summed E-state index contributed by atoms with van der Waals surface area (Å²) in [6.07, 6.45) is 0.792. The minimum absolute atomic E-state index is 0.102. The number of rotatable bonds is 5. The number of benzene rings is 1. The van der Waals surface area contributed by atoms with Gasteiger partial charge in [-0.25, -0.2) is 0 Å². The molecule has 0 radical (unpaired) electrons. The first-order chi connectivity index (χ1) is 13.6. The van der Waals surface area contributed by atoms with Gasteiger partial charge in [-0.1, -0.05) is 30.3 Å². The SMILES string of the molecule is Cc1ccc(CNC(=O)c2cc3n(n2)CCCN(Cc2ccccc2)C3=O)o1. The summed E-state index contributed by atoms with van der Waals surface area (Å²) in [5, 5.41) is 7.13. The standard InChI is InChI=1S/C21H22N4O3/c1-15-8-9-17(28-15)13-22-20(26)18-12-19-21(27)24(10-5-11-25(19)23-18)14-16-6-3-2-4-7-16/h2-4,6-9,12H,5,10-11,13-14H2,1H3,(H,22,26). The van der Waals surface area contributed by atoms with E-state index in [9.17, 15) is 9.59 Å². The van der Waals surface area contributed by atoms with Crippen LogP contribution < -0.4 is 5.32 Å². The zero-order chi connectivity index (χ0) is 19.5. The van der Waals surface area contributed by atoms with Gasteiger partial charge in [-0.2, -0.15) is 5.10 Å². The zero-order valence-electron chi connectivity index (χ0n) is 15.7. The van der Waals surface area contributed by atoms with E-state index in [1.54, 1.807) is 10.7 Å². The number of nitrogens with zero attached hydrogens (tertiary/aromatic N) is 3. The molecular weight excluding hydrogens is 356 g/mol. The van der Waals surface area contributed by atoms with Crippen molar-refractivity contribution in [3.63, 3.8) is 0 Å². The quantitative estimate of drug-likeness (QED) is 0.740. The van der Waals surface area contributed by atoms with Crippen LogP contribution in [0.25, 0.3) is 0 Å². The van der Waals surface area contributed by atoms with Gasteiger partial charge in [-0.15, -0.1) is 0 Å². The summed E-state index contributed by atoms with van der Waals surface area (Å²) >= 11 is 0. The first-order valence-corrected chi connectivity index (χ1v) is 9.35. The number of nitrogens with one attached hydrogen (secondary N) is 1. The van der Waals surface area contributed by atoms with Crippen LogP contribution in [0.3, 0.4) is 0 Å². The lowest BCUT2D eigenvalue weighted by molar-refractivity contribution is 0.0745. The molecular formula is C21H22N4O3. The highest BCUT2D eigenvalue weighted by Gasteiger charge is 2.26. The van der Waals surface area contributed by atoms with E-state index < -0.39 is 0 Å². The molecule has 144 valence electrons. The Morgan fingerprint density at radius 3 is 2.75 bits per heavy atom. The van der Waals surface area contributed by atoms with Crippen LogP contribution in [0.1, 0.15) is 44.5 Å². The highest BCUT2D eigenvalue weighted by molar-refractivity contribution is 5.98. The normalized spacial score (nSPS) is 13.9. The highest BCUT2D eigenvalue weighted by atomic mass is 16.3. The average Bonchev–Trinajstić information content (AvgIpc) is 3.29. The molecule has 28 heavy (non-hydrogen) atoms. The first-order valence-electron chi connectivity index (χ1n) is 9.35. The van der Waals surface area contributed by atoms with Gasteiger partial charge in [0.2, 0.25) is 0 Å². The summed E-state index contributed by atoms with van der Waals surface area (Å²) in [7, 11) is 0. The first kappa shape index (κ1) is 18.0. The van der Waals surface area contributed by atoms with Crippen LogP contribution in [0.5, 0.6) is 0 Å². The summed E-state index contributed by atoms with van der Waals surface area (Å²) in [4.78, 5) is 27.2. The van der Waals surface area contributed by atoms with Crippen LogP contribution in [0.2, 0.25) is 0 Å². The number of hydrogen-bond donors (Lipinski definition) is 1. The van der Waals surface area contributed by atoms with Gasteiger partial charge in [0.25, 0.3) is 11.8 Å². The number of aromatic nitrogens is 2. The second-order valence-electron chi connectivity index (χ2n) is 6.90. The summed E-state index contributed by atoms with van der Waals surface area (Å²) in [5.74, 6) is 1.05. The molecule has 2 amide bonds. The third-order valence-corrected chi connectivity index (χ3v) is 4.75. The average molecular weight is 378 g/mol. The molecule has 1 aliphatic rings. The van der Waals surface area contributed by atoms with Gasteiger partial charge in [-0.3, -0.25) is 14.3 Å². The third-order valence-electron chi connectivity index (χ3n) is 4.75. The van der Waals surface area contributed by atoms with Crippen molar-refractivity contribution in [2.45, 2.75) is 33.0 Å². The third kappa shape index (κ3) is 3.83. The maximum atomic E-state index is 13.0. The molecule has 0 atom stereocenters. The maximum Gasteiger partial charge on any atom is 0.272 e. The van der Waals surface area contributed by atoms with Crippen LogP contribution in [0.15, 0.2) is 52.9 Å². The van der Waals surface area contributed by atoms with Gasteiger partial charge in [-0.05, 0) is 31.0 Å². The molecule has 0 aliphatic carbocycles. The fraction of sp³-hybridized carbons (Fsp3) is 0.286. The smallest absolute Gasteiger partial charge is 0.272 e. The molecule has 0 bridgehead atoms. The molecule has 0 fully saturated rings. The number of hydrogen-bond acceptors (Lipinski definition) is 4. The van der Waals surface area contributed by atoms with Gasteiger partial charge in [0.1, 0.15) is 17.2 Å². The Hall–Kier alpha value is -3.35. The second kappa shape index (κ2) is 7.72.